The first-order valence-corrected chi connectivity index (χ1v) is 10.6. The third kappa shape index (κ3) is 3.28. The SMILES string of the molecule is O=C(CN1C(=O)SC(=Cc2ccco2)C1=O)N1C[C@@H]2C[C@@H](C1)c1cccc(=O)n1C2. The quantitative estimate of drug-likeness (QED) is 0.700. The van der Waals surface area contributed by atoms with E-state index in [1.54, 1.807) is 33.7 Å². The number of aromatic nitrogens is 1. The number of amides is 3. The largest absolute Gasteiger partial charge is 0.465 e. The number of likely N-dealkylation sites (tertiary alicyclic amines) is 1. The zero-order valence-corrected chi connectivity index (χ0v) is 16.8. The van der Waals surface area contributed by atoms with Crippen molar-refractivity contribution in [2.75, 3.05) is 19.6 Å². The topological polar surface area (TPSA) is 92.8 Å². The van der Waals surface area contributed by atoms with Crippen LogP contribution in [-0.4, -0.2) is 51.1 Å². The average Bonchev–Trinajstić information content (AvgIpc) is 3.33. The molecule has 2 bridgehead atoms. The molecule has 2 saturated heterocycles. The number of pyridine rings is 1. The predicted octanol–water partition coefficient (Wildman–Crippen LogP) is 2.12. The number of thioether (sulfide) groups is 1. The lowest BCUT2D eigenvalue weighted by Crippen LogP contribution is -2.51. The molecule has 0 aromatic carbocycles. The molecule has 3 aliphatic heterocycles. The molecule has 2 atom stereocenters. The Morgan fingerprint density at radius 1 is 1.13 bits per heavy atom. The van der Waals surface area contributed by atoms with Gasteiger partial charge in [0.15, 0.2) is 0 Å². The van der Waals surface area contributed by atoms with Gasteiger partial charge in [0, 0.05) is 43.4 Å². The number of carbonyl (C=O) groups is 3. The number of piperidine rings is 1. The number of hydrogen-bond donors (Lipinski definition) is 0. The van der Waals surface area contributed by atoms with Crippen molar-refractivity contribution < 1.29 is 18.8 Å². The van der Waals surface area contributed by atoms with Gasteiger partial charge in [-0.05, 0) is 42.3 Å². The molecule has 2 aromatic heterocycles. The average molecular weight is 425 g/mol. The van der Waals surface area contributed by atoms with Gasteiger partial charge in [0.05, 0.1) is 11.2 Å². The van der Waals surface area contributed by atoms with Gasteiger partial charge in [-0.2, -0.15) is 0 Å². The zero-order chi connectivity index (χ0) is 20.8. The molecular weight excluding hydrogens is 406 g/mol. The summed E-state index contributed by atoms with van der Waals surface area (Å²) >= 11 is 0.807. The first-order valence-electron chi connectivity index (χ1n) is 9.76. The van der Waals surface area contributed by atoms with Gasteiger partial charge >= 0.3 is 0 Å². The second-order valence-corrected chi connectivity index (χ2v) is 8.77. The van der Waals surface area contributed by atoms with Gasteiger partial charge in [-0.3, -0.25) is 24.1 Å². The van der Waals surface area contributed by atoms with Gasteiger partial charge in [0.1, 0.15) is 12.3 Å². The number of hydrogen-bond acceptors (Lipinski definition) is 6. The molecule has 5 heterocycles. The Labute approximate surface area is 176 Å². The zero-order valence-electron chi connectivity index (χ0n) is 16.0. The van der Waals surface area contributed by atoms with Crippen LogP contribution in [0.3, 0.4) is 0 Å². The molecule has 3 amide bonds. The highest BCUT2D eigenvalue weighted by atomic mass is 32.2. The summed E-state index contributed by atoms with van der Waals surface area (Å²) in [4.78, 5) is 53.0. The first-order chi connectivity index (χ1) is 14.5. The third-order valence-electron chi connectivity index (χ3n) is 5.82. The van der Waals surface area contributed by atoms with Crippen LogP contribution in [-0.2, 0) is 16.1 Å². The minimum atomic E-state index is -0.483. The number of nitrogens with zero attached hydrogens (tertiary/aromatic N) is 3. The van der Waals surface area contributed by atoms with Crippen LogP contribution in [0.25, 0.3) is 6.08 Å². The lowest BCUT2D eigenvalue weighted by Gasteiger charge is -2.43. The van der Waals surface area contributed by atoms with E-state index in [-0.39, 0.29) is 34.8 Å². The summed E-state index contributed by atoms with van der Waals surface area (Å²) in [7, 11) is 0. The highest BCUT2D eigenvalue weighted by molar-refractivity contribution is 8.18. The summed E-state index contributed by atoms with van der Waals surface area (Å²) in [6.07, 6.45) is 3.93. The molecule has 154 valence electrons. The van der Waals surface area contributed by atoms with E-state index in [2.05, 4.69) is 0 Å². The van der Waals surface area contributed by atoms with Gasteiger partial charge in [-0.1, -0.05) is 6.07 Å². The van der Waals surface area contributed by atoms with Gasteiger partial charge in [0.25, 0.3) is 16.7 Å². The predicted molar refractivity (Wildman–Crippen MR) is 110 cm³/mol. The lowest BCUT2D eigenvalue weighted by atomic mass is 9.83. The molecule has 8 nitrogen and oxygen atoms in total. The maximum Gasteiger partial charge on any atom is 0.294 e. The highest BCUT2D eigenvalue weighted by Gasteiger charge is 2.40. The van der Waals surface area contributed by atoms with Crippen molar-refractivity contribution in [3.05, 3.63) is 63.3 Å². The Morgan fingerprint density at radius 3 is 2.80 bits per heavy atom. The van der Waals surface area contributed by atoms with E-state index >= 15 is 0 Å². The Balaban J connectivity index is 1.30. The van der Waals surface area contributed by atoms with Crippen molar-refractivity contribution in [2.24, 2.45) is 5.92 Å². The number of furan rings is 1. The summed E-state index contributed by atoms with van der Waals surface area (Å²) in [5, 5.41) is -0.458. The van der Waals surface area contributed by atoms with Crippen molar-refractivity contribution in [2.45, 2.75) is 18.9 Å². The van der Waals surface area contributed by atoms with E-state index < -0.39 is 11.1 Å². The number of fused-ring (bicyclic) bond motifs is 4. The van der Waals surface area contributed by atoms with Crippen molar-refractivity contribution in [1.29, 1.82) is 0 Å². The molecule has 3 aliphatic rings. The third-order valence-corrected chi connectivity index (χ3v) is 6.72. The van der Waals surface area contributed by atoms with E-state index in [0.717, 1.165) is 28.8 Å². The van der Waals surface area contributed by atoms with E-state index in [9.17, 15) is 19.2 Å². The van der Waals surface area contributed by atoms with E-state index in [1.807, 2.05) is 6.07 Å². The van der Waals surface area contributed by atoms with Gasteiger partial charge in [0.2, 0.25) is 5.91 Å². The fourth-order valence-electron chi connectivity index (χ4n) is 4.47. The molecule has 0 aliphatic carbocycles. The summed E-state index contributed by atoms with van der Waals surface area (Å²) in [5.41, 5.74) is 0.937. The van der Waals surface area contributed by atoms with Crippen molar-refractivity contribution in [3.63, 3.8) is 0 Å². The van der Waals surface area contributed by atoms with Crippen LogP contribution in [0.4, 0.5) is 4.79 Å². The van der Waals surface area contributed by atoms with Crippen LogP contribution in [0.15, 0.2) is 50.7 Å². The number of imide groups is 1. The molecule has 5 rings (SSSR count). The second kappa shape index (κ2) is 7.32. The fourth-order valence-corrected chi connectivity index (χ4v) is 5.29. The van der Waals surface area contributed by atoms with Crippen molar-refractivity contribution in [3.8, 4) is 0 Å². The summed E-state index contributed by atoms with van der Waals surface area (Å²) < 4.78 is 7.00. The second-order valence-electron chi connectivity index (χ2n) is 7.78. The smallest absolute Gasteiger partial charge is 0.294 e. The molecule has 0 saturated carbocycles. The Bertz CT molecular complexity index is 1120. The van der Waals surface area contributed by atoms with Crippen molar-refractivity contribution in [1.82, 2.24) is 14.4 Å². The van der Waals surface area contributed by atoms with Crippen molar-refractivity contribution >= 4 is 34.9 Å². The Morgan fingerprint density at radius 2 is 2.00 bits per heavy atom. The number of carbonyl (C=O) groups excluding carboxylic acids is 3. The van der Waals surface area contributed by atoms with Gasteiger partial charge < -0.3 is 13.9 Å². The van der Waals surface area contributed by atoms with Crippen LogP contribution in [0.2, 0.25) is 0 Å². The first kappa shape index (κ1) is 18.9. The molecule has 0 spiro atoms. The van der Waals surface area contributed by atoms with E-state index in [1.165, 1.54) is 12.3 Å². The summed E-state index contributed by atoms with van der Waals surface area (Å²) in [5.74, 6) is 0.0181. The van der Waals surface area contributed by atoms with E-state index in [4.69, 9.17) is 4.42 Å². The van der Waals surface area contributed by atoms with Crippen LogP contribution in [0, 0.1) is 5.92 Å². The minimum absolute atomic E-state index is 0.0110. The molecule has 2 aromatic rings. The van der Waals surface area contributed by atoms with Crippen LogP contribution in [0.1, 0.15) is 23.8 Å². The lowest BCUT2D eigenvalue weighted by molar-refractivity contribution is -0.138. The molecule has 0 radical (unpaired) electrons. The number of rotatable bonds is 3. The van der Waals surface area contributed by atoms with Crippen LogP contribution >= 0.6 is 11.8 Å². The maximum atomic E-state index is 12.9. The molecule has 0 N–H and O–H groups in total. The molecule has 30 heavy (non-hydrogen) atoms. The Kier molecular flexibility index (Phi) is 4.62. The molecule has 2 fully saturated rings. The highest BCUT2D eigenvalue weighted by Crippen LogP contribution is 2.36. The monoisotopic (exact) mass is 425 g/mol. The molecule has 9 heteroatoms. The summed E-state index contributed by atoms with van der Waals surface area (Å²) in [6, 6.07) is 8.63. The fraction of sp³-hybridized carbons (Fsp3) is 0.333. The summed E-state index contributed by atoms with van der Waals surface area (Å²) in [6.45, 7) is 1.32. The maximum absolute atomic E-state index is 12.9. The molecule has 0 unspecified atom stereocenters. The van der Waals surface area contributed by atoms with Crippen LogP contribution < -0.4 is 5.56 Å². The standard InChI is InChI=1S/C21H19N3O5S/c25-18-5-1-4-16-14-7-13(10-23(16)18)9-22(11-14)19(26)12-24-20(27)17(30-21(24)28)8-15-3-2-6-29-15/h1-6,8,13-14H,7,9-12H2/t13-,14-/m0/s1. The normalized spacial score (nSPS) is 24.5. The van der Waals surface area contributed by atoms with Gasteiger partial charge in [-0.25, -0.2) is 0 Å². The molecular formula is C21H19N3O5S. The van der Waals surface area contributed by atoms with Gasteiger partial charge in [-0.15, -0.1) is 0 Å². The minimum Gasteiger partial charge on any atom is -0.465 e. The van der Waals surface area contributed by atoms with E-state index in [0.29, 0.717) is 25.4 Å². The Hall–Kier alpha value is -3.07. The van der Waals surface area contributed by atoms with Crippen LogP contribution in [0.5, 0.6) is 0 Å².